The Morgan fingerprint density at radius 2 is 1.34 bits per heavy atom. The number of aryl methyl sites for hydroxylation is 1. The number of aliphatic carboxylic acids is 1. The zero-order valence-corrected chi connectivity index (χ0v) is 52.1. The van der Waals surface area contributed by atoms with Gasteiger partial charge in [-0.25, -0.2) is 0 Å². The molecule has 0 fully saturated rings. The second kappa shape index (κ2) is 25.1. The maximum absolute atomic E-state index is 12.3. The topological polar surface area (TPSA) is 162 Å². The van der Waals surface area contributed by atoms with Gasteiger partial charge in [-0.3, -0.25) is 13.9 Å². The normalized spacial score (nSPS) is 17.7. The molecule has 0 spiro atoms. The zero-order valence-electron chi connectivity index (χ0n) is 45.1. The van der Waals surface area contributed by atoms with Crippen LogP contribution in [0, 0.1) is 0 Å². The van der Waals surface area contributed by atoms with Crippen molar-refractivity contribution >= 4 is 77.3 Å². The molecule has 376 valence electrons. The Hall–Kier alpha value is -1.94. The quantitative estimate of drug-likeness (QED) is 0.0740. The summed E-state index contributed by atoms with van der Waals surface area (Å²) in [6.07, 6.45) is 12.9. The van der Waals surface area contributed by atoms with Gasteiger partial charge in [0.1, 0.15) is 11.5 Å². The molecule has 3 aromatic carbocycles. The van der Waals surface area contributed by atoms with Crippen molar-refractivity contribution in [3.63, 3.8) is 0 Å². The van der Waals surface area contributed by atoms with Crippen LogP contribution >= 0.6 is 34.0 Å². The van der Waals surface area contributed by atoms with Gasteiger partial charge < -0.3 is 26.6 Å². The Bertz CT molecular complexity index is 2790. The Morgan fingerprint density at radius 3 is 1.91 bits per heavy atom. The van der Waals surface area contributed by atoms with E-state index in [-0.39, 0.29) is 112 Å². The van der Waals surface area contributed by atoms with Crippen LogP contribution in [-0.4, -0.2) is 125 Å². The molecule has 2 aliphatic heterocycles. The average Bonchev–Trinajstić information content (AvgIpc) is 3.55. The Labute approximate surface area is 485 Å². The number of anilines is 1. The molecule has 6 rings (SSSR count). The van der Waals surface area contributed by atoms with Crippen LogP contribution in [0.1, 0.15) is 85.8 Å². The number of rotatable bonds is 18. The molecule has 0 radical (unpaired) electrons. The van der Waals surface area contributed by atoms with Gasteiger partial charge in [0.25, 0.3) is 20.2 Å². The van der Waals surface area contributed by atoms with E-state index in [1.165, 1.54) is 12.1 Å². The fourth-order valence-electron chi connectivity index (χ4n) is 9.32. The third-order valence-corrected chi connectivity index (χ3v) is 14.6. The van der Waals surface area contributed by atoms with Gasteiger partial charge >= 0.3 is 65.1 Å². The van der Waals surface area contributed by atoms with Crippen LogP contribution in [0.15, 0.2) is 117 Å². The first kappa shape index (κ1) is 64.2. The maximum atomic E-state index is 12.3. The van der Waals surface area contributed by atoms with E-state index in [9.17, 15) is 35.8 Å². The maximum Gasteiger partial charge on any atom is 1.00 e. The number of hydrogen-bond donors (Lipinski definition) is 3. The molecule has 0 amide bonds. The van der Waals surface area contributed by atoms with Crippen LogP contribution in [0.25, 0.3) is 0 Å². The van der Waals surface area contributed by atoms with E-state index in [0.717, 1.165) is 105 Å². The van der Waals surface area contributed by atoms with Crippen LogP contribution in [0.5, 0.6) is 5.75 Å². The molecule has 3 N–H and O–H groups in total. The number of carboxylic acid groups (broad SMARTS) is 1. The summed E-state index contributed by atoms with van der Waals surface area (Å²) in [6, 6.07) is 17.2. The predicted molar refractivity (Wildman–Crippen MR) is 283 cm³/mol. The molecule has 19 heteroatoms. The number of fused-ring (bicyclic) bond motifs is 2. The summed E-state index contributed by atoms with van der Waals surface area (Å²) in [6.45, 7) is 11.5. The number of ether oxygens (including phenoxy) is 1. The van der Waals surface area contributed by atoms with Crippen molar-refractivity contribution in [1.29, 1.82) is 0 Å². The SMILES string of the molecule is Br.Br.CC1(C)C(=CC=C2CCCC(C=CC3=[N+](CCC[N+](C)(C)C)c4ccc(S(=O)(=O)O)cc4C3(C)C)=C2Oc2ccc(CCC(=O)O)cc2)N(CCC[N+](C)(C)C)c2ccc(S(=O)(=O)O)cc21.[H-].[H-].[Na+].[Na+]. The average molecular weight is 1160 g/mol. The van der Waals surface area contributed by atoms with Gasteiger partial charge in [0, 0.05) is 53.9 Å². The number of carboxylic acids is 1. The van der Waals surface area contributed by atoms with Crippen molar-refractivity contribution in [2.45, 2.75) is 93.3 Å². The molecular formula is C51H73Br2N4Na2O9S2+3. The first-order chi connectivity index (χ1) is 30.6. The summed E-state index contributed by atoms with van der Waals surface area (Å²) in [5.74, 6) is 0.439. The van der Waals surface area contributed by atoms with E-state index in [1.54, 1.807) is 24.3 Å². The van der Waals surface area contributed by atoms with Gasteiger partial charge in [-0.1, -0.05) is 32.1 Å². The predicted octanol–water partition coefficient (Wildman–Crippen LogP) is 3.84. The molecule has 3 aliphatic rings. The number of allylic oxidation sites excluding steroid dienone is 7. The molecule has 0 saturated heterocycles. The monoisotopic (exact) mass is 1150 g/mol. The first-order valence-electron chi connectivity index (χ1n) is 22.7. The van der Waals surface area contributed by atoms with Crippen LogP contribution < -0.4 is 68.8 Å². The van der Waals surface area contributed by atoms with Gasteiger partial charge in [0.2, 0.25) is 5.69 Å². The van der Waals surface area contributed by atoms with Gasteiger partial charge in [-0.2, -0.15) is 21.4 Å². The van der Waals surface area contributed by atoms with E-state index in [4.69, 9.17) is 4.74 Å². The van der Waals surface area contributed by atoms with E-state index >= 15 is 0 Å². The summed E-state index contributed by atoms with van der Waals surface area (Å²) in [5, 5.41) is 9.27. The second-order valence-electron chi connectivity index (χ2n) is 20.9. The van der Waals surface area contributed by atoms with E-state index in [0.29, 0.717) is 31.0 Å². The summed E-state index contributed by atoms with van der Waals surface area (Å²) < 4.78 is 80.1. The van der Waals surface area contributed by atoms with Crippen molar-refractivity contribution in [1.82, 2.24) is 0 Å². The van der Waals surface area contributed by atoms with Gasteiger partial charge in [-0.05, 0) is 116 Å². The fourth-order valence-corrected chi connectivity index (χ4v) is 10.3. The molecule has 0 bridgehead atoms. The summed E-state index contributed by atoms with van der Waals surface area (Å²) >= 11 is 0. The molecule has 0 saturated carbocycles. The number of quaternary nitrogens is 2. The number of benzene rings is 3. The first-order valence-corrected chi connectivity index (χ1v) is 25.5. The van der Waals surface area contributed by atoms with Gasteiger partial charge in [0.15, 0.2) is 12.3 Å². The fraction of sp³-hybridized carbons (Fsp3) is 0.451. The summed E-state index contributed by atoms with van der Waals surface area (Å²) in [7, 11) is 4.07. The standard InChI is InChI=1S/C51H66N4O9S2.2BrH.2Na.2H/c1-50(2)42-34-40(65(58,59)60)23-25-44(42)52(30-12-32-54(5,6)7)46(50)27-19-37-14-11-15-38(49(37)64-39-21-16-36(17-22-39)18-29-48(56)57)20-28-47-51(3,4)43-35-41(66(61,62)63)24-26-45(43)53(47)31-13-33-55(8,9)10;;;;;;/h16-17,19-28,34-35H,11-15,18,29-33H2,1-10H3;2*1H;;;;/q;;;2*+1;2*-1/p+3. The molecule has 13 nitrogen and oxygen atoms in total. The Morgan fingerprint density at radius 1 is 0.771 bits per heavy atom. The number of nitrogens with zero attached hydrogens (tertiary/aromatic N) is 4. The molecule has 70 heavy (non-hydrogen) atoms. The third-order valence-electron chi connectivity index (χ3n) is 12.9. The Kier molecular flexibility index (Phi) is 23.0. The number of halogens is 2. The van der Waals surface area contributed by atoms with Crippen molar-refractivity contribution in [2.24, 2.45) is 0 Å². The third kappa shape index (κ3) is 15.8. The van der Waals surface area contributed by atoms with Crippen LogP contribution in [0.4, 0.5) is 11.4 Å². The minimum Gasteiger partial charge on any atom is -1.00 e. The van der Waals surface area contributed by atoms with Gasteiger partial charge in [-0.15, -0.1) is 34.0 Å². The van der Waals surface area contributed by atoms with Crippen LogP contribution in [0.3, 0.4) is 0 Å². The molecule has 3 aromatic rings. The van der Waals surface area contributed by atoms with Crippen molar-refractivity contribution in [3.05, 3.63) is 124 Å². The van der Waals surface area contributed by atoms with E-state index in [1.807, 2.05) is 24.3 Å². The minimum absolute atomic E-state index is 0. The minimum atomic E-state index is -4.43. The molecule has 0 unspecified atom stereocenters. The van der Waals surface area contributed by atoms with Crippen molar-refractivity contribution in [2.75, 3.05) is 73.4 Å². The molecule has 0 aromatic heterocycles. The Balaban J connectivity index is 0.00000840. The van der Waals surface area contributed by atoms with Gasteiger partial charge in [0.05, 0.1) is 77.0 Å². The molecule has 2 heterocycles. The van der Waals surface area contributed by atoms with Crippen LogP contribution in [-0.2, 0) is 42.3 Å². The summed E-state index contributed by atoms with van der Waals surface area (Å²) in [5.41, 5.74) is 6.95. The van der Waals surface area contributed by atoms with E-state index in [2.05, 4.69) is 104 Å². The number of carbonyl (C=O) groups is 1. The second-order valence-corrected chi connectivity index (χ2v) is 23.7. The molecule has 0 atom stereocenters. The molecular weight excluding hydrogens is 1080 g/mol. The molecule has 1 aliphatic carbocycles. The zero-order chi connectivity index (χ0) is 48.6. The largest absolute Gasteiger partial charge is 1.00 e. The van der Waals surface area contributed by atoms with Crippen molar-refractivity contribution in [3.8, 4) is 5.75 Å². The van der Waals surface area contributed by atoms with Crippen LogP contribution in [0.2, 0.25) is 0 Å². The summed E-state index contributed by atoms with van der Waals surface area (Å²) in [4.78, 5) is 13.3. The smallest absolute Gasteiger partial charge is 1.00 e. The van der Waals surface area contributed by atoms with Crippen molar-refractivity contribution < 1.29 is 116 Å². The number of hydrogen-bond acceptors (Lipinski definition) is 7. The van der Waals surface area contributed by atoms with E-state index < -0.39 is 37.0 Å².